The molecular weight excluding hydrogens is 625 g/mol. The van der Waals surface area contributed by atoms with Crippen molar-refractivity contribution in [2.24, 2.45) is 7.05 Å². The molecule has 1 amide bonds. The largest absolute Gasteiger partial charge is 0.494 e. The Labute approximate surface area is 277 Å². The molecule has 238 valence electrons. The maximum absolute atomic E-state index is 14.3. The SMILES string of the molecule is Cc1cc(OCCCc2c3n(c4c(-c5c(C)nn(C)c5C)c(Cl)ccc24)CCN(Cc2ccc(C(=O)O)cn2)C3=O)cc(C)c1Cl. The van der Waals surface area contributed by atoms with Crippen molar-refractivity contribution >= 4 is 46.0 Å². The minimum absolute atomic E-state index is 0.104. The van der Waals surface area contributed by atoms with Crippen LogP contribution in [0.3, 0.4) is 0 Å². The Kier molecular flexibility index (Phi) is 8.56. The van der Waals surface area contributed by atoms with Crippen molar-refractivity contribution in [2.45, 2.75) is 53.6 Å². The van der Waals surface area contributed by atoms with Crippen LogP contribution in [0.15, 0.2) is 42.6 Å². The standard InChI is InChI=1S/C35H35Cl2N5O4/c1-19-15-25(16-20(2)31(19)37)46-14-6-7-26-27-10-11-28(36)30(29-21(3)39-40(5)22(29)4)32(27)42-13-12-41(34(43)33(26)42)18-24-9-8-23(17-38-24)35(44)45/h8-11,15-17H,6-7,12-14,18H2,1-5H3,(H,44,45). The van der Waals surface area contributed by atoms with Crippen LogP contribution in [0.2, 0.25) is 10.0 Å². The molecule has 9 nitrogen and oxygen atoms in total. The van der Waals surface area contributed by atoms with Crippen LogP contribution in [0.5, 0.6) is 5.75 Å². The number of hydrogen-bond acceptors (Lipinski definition) is 5. The number of aromatic nitrogens is 4. The number of carboxylic acids is 1. The van der Waals surface area contributed by atoms with Gasteiger partial charge in [0, 0.05) is 53.6 Å². The van der Waals surface area contributed by atoms with E-state index < -0.39 is 5.97 Å². The molecule has 1 aliphatic heterocycles. The number of amides is 1. The third kappa shape index (κ3) is 5.62. The zero-order valence-electron chi connectivity index (χ0n) is 26.4. The Bertz CT molecular complexity index is 1990. The molecule has 0 fully saturated rings. The summed E-state index contributed by atoms with van der Waals surface area (Å²) in [6.07, 6.45) is 2.62. The smallest absolute Gasteiger partial charge is 0.337 e. The molecule has 0 bridgehead atoms. The fourth-order valence-corrected chi connectivity index (χ4v) is 6.83. The number of carbonyl (C=O) groups is 2. The average molecular weight is 661 g/mol. The van der Waals surface area contributed by atoms with Gasteiger partial charge in [-0.05, 0) is 87.6 Å². The molecule has 0 spiro atoms. The first-order chi connectivity index (χ1) is 22.0. The lowest BCUT2D eigenvalue weighted by atomic mass is 9.98. The zero-order valence-corrected chi connectivity index (χ0v) is 28.0. The third-order valence-electron chi connectivity index (χ3n) is 8.79. The molecule has 0 unspecified atom stereocenters. The molecule has 4 heterocycles. The molecule has 1 N–H and O–H groups in total. The zero-order chi connectivity index (χ0) is 32.9. The number of halogens is 2. The van der Waals surface area contributed by atoms with E-state index in [1.807, 2.05) is 63.7 Å². The predicted octanol–water partition coefficient (Wildman–Crippen LogP) is 7.34. The van der Waals surface area contributed by atoms with Crippen LogP contribution in [0, 0.1) is 27.7 Å². The number of aryl methyl sites for hydroxylation is 5. The Morgan fingerprint density at radius 1 is 1.02 bits per heavy atom. The summed E-state index contributed by atoms with van der Waals surface area (Å²) in [7, 11) is 1.92. The number of benzene rings is 2. The van der Waals surface area contributed by atoms with E-state index in [1.54, 1.807) is 11.0 Å². The topological polar surface area (TPSA) is 102 Å². The van der Waals surface area contributed by atoms with Crippen LogP contribution in [0.25, 0.3) is 22.0 Å². The maximum atomic E-state index is 14.3. The number of carbonyl (C=O) groups excluding carboxylic acids is 1. The molecule has 5 aromatic rings. The minimum Gasteiger partial charge on any atom is -0.494 e. The number of aromatic carboxylic acids is 1. The molecule has 46 heavy (non-hydrogen) atoms. The Balaban J connectivity index is 1.39. The molecular formula is C35H35Cl2N5O4. The van der Waals surface area contributed by atoms with E-state index in [0.717, 1.165) is 60.9 Å². The second-order valence-corrected chi connectivity index (χ2v) is 12.6. The van der Waals surface area contributed by atoms with Crippen LogP contribution in [-0.4, -0.2) is 54.4 Å². The van der Waals surface area contributed by atoms with Gasteiger partial charge < -0.3 is 19.3 Å². The van der Waals surface area contributed by atoms with Crippen molar-refractivity contribution in [3.05, 3.63) is 97.7 Å². The highest BCUT2D eigenvalue weighted by atomic mass is 35.5. The molecule has 0 atom stereocenters. The lowest BCUT2D eigenvalue weighted by Gasteiger charge is -2.29. The second-order valence-electron chi connectivity index (χ2n) is 11.9. The summed E-state index contributed by atoms with van der Waals surface area (Å²) in [6.45, 7) is 9.69. The van der Waals surface area contributed by atoms with Crippen molar-refractivity contribution < 1.29 is 19.4 Å². The van der Waals surface area contributed by atoms with Crippen molar-refractivity contribution in [2.75, 3.05) is 13.2 Å². The number of nitrogens with zero attached hydrogens (tertiary/aromatic N) is 5. The maximum Gasteiger partial charge on any atom is 0.337 e. The number of hydrogen-bond donors (Lipinski definition) is 1. The molecule has 0 radical (unpaired) electrons. The molecule has 6 rings (SSSR count). The summed E-state index contributed by atoms with van der Waals surface area (Å²) in [6, 6.07) is 11.0. The first kappa shape index (κ1) is 31.6. The number of fused-ring (bicyclic) bond motifs is 3. The molecule has 0 saturated carbocycles. The van der Waals surface area contributed by atoms with Gasteiger partial charge >= 0.3 is 5.97 Å². The van der Waals surface area contributed by atoms with Gasteiger partial charge in [0.2, 0.25) is 0 Å². The van der Waals surface area contributed by atoms with Gasteiger partial charge in [-0.15, -0.1) is 0 Å². The number of ether oxygens (including phenoxy) is 1. The van der Waals surface area contributed by atoms with Crippen molar-refractivity contribution in [1.82, 2.24) is 24.2 Å². The summed E-state index contributed by atoms with van der Waals surface area (Å²) in [4.78, 5) is 31.7. The highest BCUT2D eigenvalue weighted by molar-refractivity contribution is 6.35. The molecule has 11 heteroatoms. The molecule has 2 aromatic carbocycles. The first-order valence-electron chi connectivity index (χ1n) is 15.2. The van der Waals surface area contributed by atoms with Crippen molar-refractivity contribution in [1.29, 1.82) is 0 Å². The van der Waals surface area contributed by atoms with E-state index in [2.05, 4.69) is 14.6 Å². The van der Waals surface area contributed by atoms with E-state index in [0.29, 0.717) is 48.9 Å². The second kappa shape index (κ2) is 12.5. The van der Waals surface area contributed by atoms with Crippen LogP contribution in [-0.2, 0) is 26.6 Å². The lowest BCUT2D eigenvalue weighted by Crippen LogP contribution is -2.40. The fourth-order valence-electron chi connectivity index (χ4n) is 6.48. The van der Waals surface area contributed by atoms with Crippen LogP contribution in [0.1, 0.15) is 61.0 Å². The molecule has 1 aliphatic rings. The highest BCUT2D eigenvalue weighted by Gasteiger charge is 2.33. The van der Waals surface area contributed by atoms with E-state index >= 15 is 0 Å². The highest BCUT2D eigenvalue weighted by Crippen LogP contribution is 2.43. The van der Waals surface area contributed by atoms with Gasteiger partial charge in [-0.25, -0.2) is 4.79 Å². The van der Waals surface area contributed by atoms with Gasteiger partial charge in [-0.2, -0.15) is 5.10 Å². The van der Waals surface area contributed by atoms with Gasteiger partial charge in [-0.3, -0.25) is 14.5 Å². The number of rotatable bonds is 9. The van der Waals surface area contributed by atoms with Crippen LogP contribution < -0.4 is 4.74 Å². The Hall–Kier alpha value is -4.34. The first-order valence-corrected chi connectivity index (χ1v) is 15.9. The quantitative estimate of drug-likeness (QED) is 0.166. The fraction of sp³-hybridized carbons (Fsp3) is 0.314. The Morgan fingerprint density at radius 2 is 1.76 bits per heavy atom. The van der Waals surface area contributed by atoms with E-state index in [4.69, 9.17) is 27.9 Å². The van der Waals surface area contributed by atoms with Crippen molar-refractivity contribution in [3.63, 3.8) is 0 Å². The van der Waals surface area contributed by atoms with Crippen molar-refractivity contribution in [3.8, 4) is 16.9 Å². The third-order valence-corrected chi connectivity index (χ3v) is 9.71. The van der Waals surface area contributed by atoms with Crippen LogP contribution >= 0.6 is 23.2 Å². The van der Waals surface area contributed by atoms with E-state index in [9.17, 15) is 14.7 Å². The summed E-state index contributed by atoms with van der Waals surface area (Å²) < 4.78 is 10.1. The van der Waals surface area contributed by atoms with Gasteiger partial charge in [0.25, 0.3) is 5.91 Å². The monoisotopic (exact) mass is 659 g/mol. The lowest BCUT2D eigenvalue weighted by molar-refractivity contribution is 0.0679. The molecule has 0 saturated heterocycles. The van der Waals surface area contributed by atoms with Gasteiger partial charge in [0.1, 0.15) is 11.4 Å². The predicted molar refractivity (Wildman–Crippen MR) is 179 cm³/mol. The average Bonchev–Trinajstić information content (AvgIpc) is 3.47. The van der Waals surface area contributed by atoms with Gasteiger partial charge in [0.15, 0.2) is 0 Å². The van der Waals surface area contributed by atoms with Crippen LogP contribution in [0.4, 0.5) is 0 Å². The Morgan fingerprint density at radius 3 is 2.39 bits per heavy atom. The number of pyridine rings is 1. The van der Waals surface area contributed by atoms with Gasteiger partial charge in [-0.1, -0.05) is 29.3 Å². The summed E-state index contributed by atoms with van der Waals surface area (Å²) in [5.74, 6) is -0.377. The summed E-state index contributed by atoms with van der Waals surface area (Å²) >= 11 is 13.3. The summed E-state index contributed by atoms with van der Waals surface area (Å²) in [5.41, 5.74) is 8.87. The van der Waals surface area contributed by atoms with Gasteiger partial charge in [0.05, 0.1) is 40.6 Å². The molecule has 3 aromatic heterocycles. The summed E-state index contributed by atoms with van der Waals surface area (Å²) in [5, 5.41) is 16.2. The molecule has 0 aliphatic carbocycles. The van der Waals surface area contributed by atoms with E-state index in [1.165, 1.54) is 12.3 Å². The number of carboxylic acid groups (broad SMARTS) is 1. The normalized spacial score (nSPS) is 13.0. The van der Waals surface area contributed by atoms with E-state index in [-0.39, 0.29) is 18.0 Å². The minimum atomic E-state index is -1.04.